The van der Waals surface area contributed by atoms with Crippen molar-refractivity contribution in [2.75, 3.05) is 29.4 Å². The van der Waals surface area contributed by atoms with Crippen LogP contribution in [-0.4, -0.2) is 50.3 Å². The molecule has 0 aliphatic carbocycles. The van der Waals surface area contributed by atoms with Crippen molar-refractivity contribution in [2.45, 2.75) is 13.8 Å². The van der Waals surface area contributed by atoms with Crippen LogP contribution >= 0.6 is 0 Å². The first-order valence-electron chi connectivity index (χ1n) is 8.95. The fourth-order valence-electron chi connectivity index (χ4n) is 3.27. The number of benzene rings is 1. The Kier molecular flexibility index (Phi) is 4.53. The molecule has 0 N–H and O–H groups in total. The maximum Gasteiger partial charge on any atom is 0.233 e. The van der Waals surface area contributed by atoms with Crippen LogP contribution in [0.3, 0.4) is 0 Å². The number of rotatable bonds is 5. The van der Waals surface area contributed by atoms with E-state index in [1.807, 2.05) is 49.1 Å². The van der Waals surface area contributed by atoms with Crippen LogP contribution in [0.25, 0.3) is 5.82 Å². The summed E-state index contributed by atoms with van der Waals surface area (Å²) in [5.74, 6) is 1.57. The Hall–Kier alpha value is -3.29. The van der Waals surface area contributed by atoms with Gasteiger partial charge in [0.25, 0.3) is 0 Å². The molecule has 27 heavy (non-hydrogen) atoms. The molecule has 0 radical (unpaired) electrons. The van der Waals surface area contributed by atoms with Gasteiger partial charge in [-0.25, -0.2) is 19.6 Å². The molecule has 0 unspecified atom stereocenters. The van der Waals surface area contributed by atoms with E-state index in [0.717, 1.165) is 17.1 Å². The number of aryl methyl sites for hydroxylation is 1. The second-order valence-corrected chi connectivity index (χ2v) is 6.60. The van der Waals surface area contributed by atoms with E-state index in [0.29, 0.717) is 25.5 Å². The predicted molar refractivity (Wildman–Crippen MR) is 102 cm³/mol. The molecule has 0 spiro atoms. The molecule has 138 valence electrons. The largest absolute Gasteiger partial charge is 0.355 e. The summed E-state index contributed by atoms with van der Waals surface area (Å²) in [5, 5.41) is 4.08. The number of aromatic nitrogens is 5. The summed E-state index contributed by atoms with van der Waals surface area (Å²) in [6.45, 7) is 5.99. The minimum Gasteiger partial charge on any atom is -0.355 e. The average Bonchev–Trinajstić information content (AvgIpc) is 3.16. The number of anilines is 2. The Balaban J connectivity index is 1.44. The summed E-state index contributed by atoms with van der Waals surface area (Å²) in [7, 11) is 0. The maximum absolute atomic E-state index is 12.9. The van der Waals surface area contributed by atoms with Crippen LogP contribution in [0.4, 0.5) is 11.5 Å². The van der Waals surface area contributed by atoms with Crippen molar-refractivity contribution in [3.63, 3.8) is 0 Å². The lowest BCUT2D eigenvalue weighted by atomic mass is 9.98. The smallest absolute Gasteiger partial charge is 0.233 e. The Bertz CT molecular complexity index is 935. The summed E-state index contributed by atoms with van der Waals surface area (Å²) >= 11 is 0. The minimum absolute atomic E-state index is 0.0322. The van der Waals surface area contributed by atoms with E-state index >= 15 is 0 Å². The lowest BCUT2D eigenvalue weighted by molar-refractivity contribution is -0.123. The van der Waals surface area contributed by atoms with Gasteiger partial charge in [-0.2, -0.15) is 5.10 Å². The monoisotopic (exact) mass is 363 g/mol. The molecule has 1 aliphatic rings. The van der Waals surface area contributed by atoms with Gasteiger partial charge in [-0.3, -0.25) is 4.79 Å². The van der Waals surface area contributed by atoms with Crippen molar-refractivity contribution in [1.82, 2.24) is 24.7 Å². The molecule has 0 bridgehead atoms. The van der Waals surface area contributed by atoms with Crippen LogP contribution in [0.5, 0.6) is 0 Å². The van der Waals surface area contributed by atoms with Crippen LogP contribution in [0.15, 0.2) is 49.3 Å². The normalized spacial score (nSPS) is 14.1. The second-order valence-electron chi connectivity index (χ2n) is 6.60. The van der Waals surface area contributed by atoms with Crippen molar-refractivity contribution in [2.24, 2.45) is 5.92 Å². The van der Waals surface area contributed by atoms with Crippen molar-refractivity contribution >= 4 is 17.4 Å². The molecule has 1 amide bonds. The van der Waals surface area contributed by atoms with Crippen LogP contribution in [0.1, 0.15) is 12.5 Å². The number of hydrogen-bond acceptors (Lipinski definition) is 6. The Morgan fingerprint density at radius 1 is 1.19 bits per heavy atom. The molecule has 2 aromatic heterocycles. The molecule has 3 aromatic rings. The average molecular weight is 363 g/mol. The van der Waals surface area contributed by atoms with Crippen molar-refractivity contribution in [3.8, 4) is 5.82 Å². The third kappa shape index (κ3) is 3.38. The highest BCUT2D eigenvalue weighted by Gasteiger charge is 2.36. The third-order valence-electron chi connectivity index (χ3n) is 4.74. The fourth-order valence-corrected chi connectivity index (χ4v) is 3.27. The van der Waals surface area contributed by atoms with Gasteiger partial charge in [-0.15, -0.1) is 0 Å². The zero-order valence-electron chi connectivity index (χ0n) is 15.4. The maximum atomic E-state index is 12.9. The summed E-state index contributed by atoms with van der Waals surface area (Å²) in [6, 6.07) is 9.91. The summed E-state index contributed by atoms with van der Waals surface area (Å²) in [6.07, 6.45) is 4.56. The number of nitrogens with zero attached hydrogens (tertiary/aromatic N) is 7. The van der Waals surface area contributed by atoms with Crippen LogP contribution < -0.4 is 9.80 Å². The lowest BCUT2D eigenvalue weighted by Gasteiger charge is -2.41. The molecule has 0 atom stereocenters. The molecule has 1 aromatic carbocycles. The lowest BCUT2D eigenvalue weighted by Crippen LogP contribution is -2.55. The van der Waals surface area contributed by atoms with Gasteiger partial charge in [0.1, 0.15) is 24.8 Å². The quantitative estimate of drug-likeness (QED) is 0.688. The summed E-state index contributed by atoms with van der Waals surface area (Å²) < 4.78 is 1.59. The number of carbonyl (C=O) groups is 1. The molecule has 4 rings (SSSR count). The Morgan fingerprint density at radius 2 is 2.00 bits per heavy atom. The molecule has 1 saturated heterocycles. The molecule has 1 fully saturated rings. The van der Waals surface area contributed by atoms with E-state index in [9.17, 15) is 4.79 Å². The first-order chi connectivity index (χ1) is 13.2. The van der Waals surface area contributed by atoms with Gasteiger partial charge in [0.15, 0.2) is 5.82 Å². The van der Waals surface area contributed by atoms with E-state index in [4.69, 9.17) is 0 Å². The Morgan fingerprint density at radius 3 is 2.70 bits per heavy atom. The van der Waals surface area contributed by atoms with E-state index in [1.54, 1.807) is 11.0 Å². The number of amides is 1. The highest BCUT2D eigenvalue weighted by molar-refractivity contribution is 5.96. The third-order valence-corrected chi connectivity index (χ3v) is 4.74. The summed E-state index contributed by atoms with van der Waals surface area (Å²) in [4.78, 5) is 29.4. The van der Waals surface area contributed by atoms with Crippen molar-refractivity contribution in [1.29, 1.82) is 0 Å². The zero-order valence-corrected chi connectivity index (χ0v) is 15.4. The first-order valence-corrected chi connectivity index (χ1v) is 8.95. The molecular formula is C19H21N7O. The van der Waals surface area contributed by atoms with Crippen molar-refractivity contribution in [3.05, 3.63) is 54.9 Å². The molecular weight excluding hydrogens is 342 g/mol. The Labute approximate surface area is 157 Å². The molecule has 0 saturated carbocycles. The van der Waals surface area contributed by atoms with E-state index < -0.39 is 0 Å². The molecule has 8 heteroatoms. The number of carbonyl (C=O) groups excluding carboxylic acids is 1. The van der Waals surface area contributed by atoms with Gasteiger partial charge in [-0.1, -0.05) is 12.1 Å². The SMILES string of the molecule is CCN(C(=O)C1CN(c2cc(-n3cncn3)ncn2)C1)c1cccc(C)c1. The number of hydrogen-bond donors (Lipinski definition) is 0. The summed E-state index contributed by atoms with van der Waals surface area (Å²) in [5.41, 5.74) is 2.10. The highest BCUT2D eigenvalue weighted by atomic mass is 16.2. The van der Waals surface area contributed by atoms with E-state index in [-0.39, 0.29) is 11.8 Å². The van der Waals surface area contributed by atoms with Gasteiger partial charge in [0.2, 0.25) is 5.91 Å². The van der Waals surface area contributed by atoms with Gasteiger partial charge in [-0.05, 0) is 31.5 Å². The highest BCUT2D eigenvalue weighted by Crippen LogP contribution is 2.27. The first kappa shape index (κ1) is 17.1. The van der Waals surface area contributed by atoms with E-state index in [2.05, 4.69) is 25.0 Å². The zero-order chi connectivity index (χ0) is 18.8. The minimum atomic E-state index is -0.0322. The topological polar surface area (TPSA) is 80.0 Å². The van der Waals surface area contributed by atoms with Gasteiger partial charge >= 0.3 is 0 Å². The van der Waals surface area contributed by atoms with Crippen LogP contribution in [0, 0.1) is 12.8 Å². The second kappa shape index (κ2) is 7.14. The van der Waals surface area contributed by atoms with Crippen molar-refractivity contribution < 1.29 is 4.79 Å². The van der Waals surface area contributed by atoms with Gasteiger partial charge < -0.3 is 9.80 Å². The standard InChI is InChI=1S/C19H21N7O/c1-3-25(16-6-4-5-14(2)7-16)19(27)15-9-24(10-15)17-8-18(22-12-21-17)26-13-20-11-23-26/h4-8,11-13,15H,3,9-10H2,1-2H3. The van der Waals surface area contributed by atoms with Crippen LogP contribution in [-0.2, 0) is 4.79 Å². The molecule has 8 nitrogen and oxygen atoms in total. The predicted octanol–water partition coefficient (Wildman–Crippen LogP) is 1.86. The van der Waals surface area contributed by atoms with Gasteiger partial charge in [0.05, 0.1) is 5.92 Å². The molecule has 3 heterocycles. The molecule has 1 aliphatic heterocycles. The van der Waals surface area contributed by atoms with Gasteiger partial charge in [0, 0.05) is 31.4 Å². The van der Waals surface area contributed by atoms with Crippen LogP contribution in [0.2, 0.25) is 0 Å². The fraction of sp³-hybridized carbons (Fsp3) is 0.316. The van der Waals surface area contributed by atoms with E-state index in [1.165, 1.54) is 12.7 Å².